The average Bonchev–Trinajstić information content (AvgIpc) is 3.12. The third kappa shape index (κ3) is 5.27. The number of halogens is 6. The molecule has 1 saturated heterocycles. The first-order valence-electron chi connectivity index (χ1n) is 8.90. The Hall–Kier alpha value is -2.33. The zero-order valence-electron chi connectivity index (χ0n) is 16.2. The first-order chi connectivity index (χ1) is 15.0. The standard InChI is InChI=1S/C18H15F6N3O4S2/c19-17(20,21)12-6-11(15(25)28)7-13(18(22,23)24)14(12)16(8-10-4-2-1-3-5-10)9-27(32-26-16)33(29,30)31/h1-7,26H,8-9H2,(H2,25,28)(H,29,30,31). The van der Waals surface area contributed by atoms with Gasteiger partial charge in [0.05, 0.1) is 23.2 Å². The monoisotopic (exact) mass is 515 g/mol. The van der Waals surface area contributed by atoms with Crippen LogP contribution >= 0.6 is 12.1 Å². The second-order valence-corrected chi connectivity index (χ2v) is 9.58. The predicted molar refractivity (Wildman–Crippen MR) is 106 cm³/mol. The zero-order valence-corrected chi connectivity index (χ0v) is 17.9. The first-order valence-corrected chi connectivity index (χ1v) is 11.1. The number of nitrogens with two attached hydrogens (primary N) is 1. The third-order valence-corrected chi connectivity index (χ3v) is 7.11. The predicted octanol–water partition coefficient (Wildman–Crippen LogP) is 3.53. The van der Waals surface area contributed by atoms with E-state index in [9.17, 15) is 44.1 Å². The van der Waals surface area contributed by atoms with Gasteiger partial charge in [0.25, 0.3) is 0 Å². The first kappa shape index (κ1) is 25.3. The molecule has 1 fully saturated rings. The molecule has 4 N–H and O–H groups in total. The van der Waals surface area contributed by atoms with Gasteiger partial charge in [0.2, 0.25) is 5.91 Å². The highest BCUT2D eigenvalue weighted by atomic mass is 32.3. The normalized spacial score (nSPS) is 20.2. The van der Waals surface area contributed by atoms with Crippen LogP contribution < -0.4 is 10.5 Å². The molecule has 1 amide bonds. The fraction of sp³-hybridized carbons (Fsp3) is 0.278. The smallest absolute Gasteiger partial charge is 0.366 e. The minimum atomic E-state index is -5.37. The van der Waals surface area contributed by atoms with Crippen LogP contribution in [0.5, 0.6) is 0 Å². The van der Waals surface area contributed by atoms with Gasteiger partial charge in [-0.05, 0) is 29.7 Å². The molecule has 1 aliphatic heterocycles. The molecule has 1 atom stereocenters. The van der Waals surface area contributed by atoms with Crippen molar-refractivity contribution in [1.29, 1.82) is 0 Å². The summed E-state index contributed by atoms with van der Waals surface area (Å²) in [5.74, 6) is -1.51. The Labute approximate surface area is 188 Å². The van der Waals surface area contributed by atoms with Gasteiger partial charge in [-0.3, -0.25) is 9.35 Å². The second kappa shape index (κ2) is 8.47. The quantitative estimate of drug-likeness (QED) is 0.319. The van der Waals surface area contributed by atoms with Crippen molar-refractivity contribution >= 4 is 28.3 Å². The number of alkyl halides is 6. The fourth-order valence-corrected chi connectivity index (χ4v) is 5.23. The number of hydrogen-bond donors (Lipinski definition) is 3. The van der Waals surface area contributed by atoms with Gasteiger partial charge in [-0.2, -0.15) is 34.8 Å². The van der Waals surface area contributed by atoms with Crippen molar-refractivity contribution in [2.24, 2.45) is 5.73 Å². The highest BCUT2D eigenvalue weighted by molar-refractivity contribution is 8.05. The van der Waals surface area contributed by atoms with Crippen molar-refractivity contribution in [3.05, 3.63) is 70.3 Å². The molecule has 1 aliphatic rings. The number of hydrogen-bond acceptors (Lipinski definition) is 5. The van der Waals surface area contributed by atoms with E-state index in [4.69, 9.17) is 5.73 Å². The Kier molecular flexibility index (Phi) is 6.49. The van der Waals surface area contributed by atoms with E-state index in [0.717, 1.165) is 0 Å². The van der Waals surface area contributed by atoms with Crippen molar-refractivity contribution < 1.29 is 44.1 Å². The SMILES string of the molecule is NC(=O)c1cc(C(F)(F)F)c(C2(Cc3ccccc3)CN(S(=O)(=O)O)SN2)c(C(F)(F)F)c1. The topological polar surface area (TPSA) is 113 Å². The van der Waals surface area contributed by atoms with Crippen LogP contribution in [0.15, 0.2) is 42.5 Å². The molecule has 3 rings (SSSR count). The highest BCUT2D eigenvalue weighted by Gasteiger charge is 2.53. The summed E-state index contributed by atoms with van der Waals surface area (Å²) in [5.41, 5.74) is -3.03. The highest BCUT2D eigenvalue weighted by Crippen LogP contribution is 2.49. The molecule has 1 unspecified atom stereocenters. The molecule has 7 nitrogen and oxygen atoms in total. The number of nitrogens with zero attached hydrogens (tertiary/aromatic N) is 1. The van der Waals surface area contributed by atoms with Crippen LogP contribution in [0, 0.1) is 0 Å². The van der Waals surface area contributed by atoms with E-state index in [1.807, 2.05) is 0 Å². The van der Waals surface area contributed by atoms with Crippen LogP contribution in [-0.2, 0) is 34.6 Å². The molecule has 15 heteroatoms. The van der Waals surface area contributed by atoms with Crippen molar-refractivity contribution in [2.75, 3.05) is 6.54 Å². The molecule has 1 heterocycles. The maximum Gasteiger partial charge on any atom is 0.416 e. The van der Waals surface area contributed by atoms with Crippen molar-refractivity contribution in [2.45, 2.75) is 24.3 Å². The van der Waals surface area contributed by atoms with E-state index in [1.165, 1.54) is 24.3 Å². The molecule has 0 aliphatic carbocycles. The minimum Gasteiger partial charge on any atom is -0.366 e. The molecule has 2 aromatic carbocycles. The fourth-order valence-electron chi connectivity index (χ4n) is 3.55. The molecular formula is C18H15F6N3O4S2. The van der Waals surface area contributed by atoms with Crippen molar-refractivity contribution in [3.63, 3.8) is 0 Å². The number of amides is 1. The average molecular weight is 515 g/mol. The lowest BCUT2D eigenvalue weighted by Crippen LogP contribution is -2.45. The Morgan fingerprint density at radius 1 is 1.09 bits per heavy atom. The summed E-state index contributed by atoms with van der Waals surface area (Å²) in [6.07, 6.45) is -11.3. The van der Waals surface area contributed by atoms with Gasteiger partial charge < -0.3 is 5.73 Å². The van der Waals surface area contributed by atoms with E-state index in [2.05, 4.69) is 4.72 Å². The van der Waals surface area contributed by atoms with Crippen LogP contribution in [0.1, 0.15) is 32.6 Å². The number of benzene rings is 2. The van der Waals surface area contributed by atoms with E-state index in [1.54, 1.807) is 6.07 Å². The Balaban J connectivity index is 2.39. The summed E-state index contributed by atoms with van der Waals surface area (Å²) in [5, 5.41) is 0. The Morgan fingerprint density at radius 2 is 1.61 bits per heavy atom. The molecule has 0 bridgehead atoms. The molecule has 0 aromatic heterocycles. The summed E-state index contributed by atoms with van der Waals surface area (Å²) in [6, 6.07) is 7.82. The van der Waals surface area contributed by atoms with Gasteiger partial charge in [-0.15, -0.1) is 3.71 Å². The van der Waals surface area contributed by atoms with Gasteiger partial charge in [-0.25, -0.2) is 4.72 Å². The van der Waals surface area contributed by atoms with Crippen molar-refractivity contribution in [3.8, 4) is 0 Å². The summed E-state index contributed by atoms with van der Waals surface area (Å²) in [4.78, 5) is 11.5. The third-order valence-electron chi connectivity index (χ3n) is 4.86. The molecule has 180 valence electrons. The van der Waals surface area contributed by atoms with E-state index in [-0.39, 0.29) is 33.5 Å². The van der Waals surface area contributed by atoms with Crippen LogP contribution in [0.25, 0.3) is 0 Å². The minimum absolute atomic E-state index is 0.139. The lowest BCUT2D eigenvalue weighted by molar-refractivity contribution is -0.145. The second-order valence-electron chi connectivity index (χ2n) is 7.18. The van der Waals surface area contributed by atoms with Crippen LogP contribution in [0.2, 0.25) is 0 Å². The van der Waals surface area contributed by atoms with Gasteiger partial charge in [0.15, 0.2) is 0 Å². The van der Waals surface area contributed by atoms with E-state index < -0.39 is 69.3 Å². The number of rotatable bonds is 5. The summed E-state index contributed by atoms with van der Waals surface area (Å²) in [6.45, 7) is -0.979. The molecule has 33 heavy (non-hydrogen) atoms. The summed E-state index contributed by atoms with van der Waals surface area (Å²) < 4.78 is 119. The summed E-state index contributed by atoms with van der Waals surface area (Å²) >= 11 is 0.139. The summed E-state index contributed by atoms with van der Waals surface area (Å²) in [7, 11) is -4.99. The molecular weight excluding hydrogens is 500 g/mol. The maximum absolute atomic E-state index is 14.0. The number of carbonyl (C=O) groups excluding carboxylic acids is 1. The van der Waals surface area contributed by atoms with Crippen LogP contribution in [0.3, 0.4) is 0 Å². The largest absolute Gasteiger partial charge is 0.416 e. The number of primary amides is 1. The van der Waals surface area contributed by atoms with Gasteiger partial charge in [0, 0.05) is 17.7 Å². The number of carbonyl (C=O) groups is 1. The molecule has 2 aromatic rings. The van der Waals surface area contributed by atoms with Gasteiger partial charge >= 0.3 is 22.7 Å². The lowest BCUT2D eigenvalue weighted by atomic mass is 9.78. The molecule has 0 saturated carbocycles. The van der Waals surface area contributed by atoms with Crippen molar-refractivity contribution in [1.82, 2.24) is 8.43 Å². The van der Waals surface area contributed by atoms with Gasteiger partial charge in [-0.1, -0.05) is 30.3 Å². The Morgan fingerprint density at radius 3 is 2.00 bits per heavy atom. The van der Waals surface area contributed by atoms with E-state index in [0.29, 0.717) is 0 Å². The Bertz CT molecular complexity index is 1140. The van der Waals surface area contributed by atoms with E-state index >= 15 is 0 Å². The lowest BCUT2D eigenvalue weighted by Gasteiger charge is -2.34. The molecule has 0 radical (unpaired) electrons. The van der Waals surface area contributed by atoms with Crippen LogP contribution in [-0.4, -0.2) is 29.1 Å². The molecule has 0 spiro atoms. The van der Waals surface area contributed by atoms with Gasteiger partial charge in [0.1, 0.15) is 0 Å². The number of nitrogens with one attached hydrogen (secondary N) is 1. The zero-order chi connectivity index (χ0) is 24.8. The maximum atomic E-state index is 14.0. The van der Waals surface area contributed by atoms with Crippen LogP contribution in [0.4, 0.5) is 26.3 Å².